The molecule has 0 amide bonds. The van der Waals surface area contributed by atoms with E-state index >= 15 is 0 Å². The van der Waals surface area contributed by atoms with Gasteiger partial charge in [0.2, 0.25) is 0 Å². The zero-order valence-electron chi connectivity index (χ0n) is 17.2. The summed E-state index contributed by atoms with van der Waals surface area (Å²) in [6, 6.07) is 36.8. The molecule has 0 aromatic heterocycles. The Hall–Kier alpha value is -4.16. The van der Waals surface area contributed by atoms with Gasteiger partial charge in [-0.15, -0.1) is 0 Å². The second-order valence-corrected chi connectivity index (χ2v) is 9.35. The van der Waals surface area contributed by atoms with E-state index in [4.69, 9.17) is 0 Å². The second-order valence-electron chi connectivity index (χ2n) is 9.35. The van der Waals surface area contributed by atoms with E-state index in [-0.39, 0.29) is 0 Å². The van der Waals surface area contributed by atoms with Crippen molar-refractivity contribution in [3.8, 4) is 0 Å². The topological polar surface area (TPSA) is 0 Å². The lowest BCUT2D eigenvalue weighted by Crippen LogP contribution is -1.92. The molecule has 0 heteroatoms. The molecule has 0 unspecified atom stereocenters. The largest absolute Gasteiger partial charge is 0.0616 e. The molecule has 0 atom stereocenters. The molecule has 0 bridgehead atoms. The predicted molar refractivity (Wildman–Crippen MR) is 140 cm³/mol. The molecule has 144 valence electrons. The zero-order chi connectivity index (χ0) is 20.6. The first-order valence-corrected chi connectivity index (χ1v) is 11.3. The summed E-state index contributed by atoms with van der Waals surface area (Å²) in [5, 5.41) is 21.9. The van der Waals surface area contributed by atoms with Crippen LogP contribution in [-0.2, 0) is 0 Å². The fraction of sp³-hybridized carbons (Fsp3) is 0. The minimum atomic E-state index is 1.31. The number of hydrogen-bond donors (Lipinski definition) is 0. The van der Waals surface area contributed by atoms with Crippen LogP contribution < -0.4 is 0 Å². The van der Waals surface area contributed by atoms with Crippen LogP contribution in [0.4, 0.5) is 0 Å². The van der Waals surface area contributed by atoms with Crippen LogP contribution in [0, 0.1) is 0 Å². The summed E-state index contributed by atoms with van der Waals surface area (Å²) in [5.74, 6) is 0. The van der Waals surface area contributed by atoms with Crippen molar-refractivity contribution in [3.05, 3.63) is 97.1 Å². The fourth-order valence-electron chi connectivity index (χ4n) is 6.56. The summed E-state index contributed by atoms with van der Waals surface area (Å²) in [5.41, 5.74) is 0. The summed E-state index contributed by atoms with van der Waals surface area (Å²) in [6.07, 6.45) is 0. The van der Waals surface area contributed by atoms with E-state index in [0.29, 0.717) is 0 Å². The van der Waals surface area contributed by atoms with Crippen LogP contribution in [0.2, 0.25) is 0 Å². The number of fused-ring (bicyclic) bond motifs is 2. The van der Waals surface area contributed by atoms with Gasteiger partial charge in [0.1, 0.15) is 0 Å². The third-order valence-electron chi connectivity index (χ3n) is 7.77. The third kappa shape index (κ3) is 1.63. The van der Waals surface area contributed by atoms with Crippen LogP contribution in [0.25, 0.3) is 86.2 Å². The Morgan fingerprint density at radius 1 is 0.250 bits per heavy atom. The quantitative estimate of drug-likeness (QED) is 0.176. The van der Waals surface area contributed by atoms with Crippen LogP contribution in [0.5, 0.6) is 0 Å². The molecule has 0 aliphatic rings. The summed E-state index contributed by atoms with van der Waals surface area (Å²) in [7, 11) is 0. The Morgan fingerprint density at radius 2 is 0.750 bits per heavy atom. The normalized spacial score (nSPS) is 13.0. The fourth-order valence-corrected chi connectivity index (χ4v) is 6.56. The molecule has 0 aliphatic carbocycles. The van der Waals surface area contributed by atoms with Gasteiger partial charge in [0, 0.05) is 0 Å². The van der Waals surface area contributed by atoms with E-state index in [1.807, 2.05) is 0 Å². The van der Waals surface area contributed by atoms with E-state index in [9.17, 15) is 0 Å². The van der Waals surface area contributed by atoms with Crippen molar-refractivity contribution in [2.75, 3.05) is 0 Å². The molecule has 0 nitrogen and oxygen atoms in total. The maximum Gasteiger partial charge on any atom is -0.00134 e. The van der Waals surface area contributed by atoms with E-state index in [2.05, 4.69) is 97.1 Å². The first kappa shape index (κ1) is 15.6. The first-order chi connectivity index (χ1) is 15.8. The summed E-state index contributed by atoms with van der Waals surface area (Å²) >= 11 is 0. The monoisotopic (exact) mass is 400 g/mol. The van der Waals surface area contributed by atoms with E-state index in [1.165, 1.54) is 86.2 Å². The molecule has 0 fully saturated rings. The van der Waals surface area contributed by atoms with Gasteiger partial charge in [-0.3, -0.25) is 0 Å². The lowest BCUT2D eigenvalue weighted by atomic mass is 9.82. The molecule has 9 aromatic carbocycles. The minimum absolute atomic E-state index is 1.31. The number of hydrogen-bond acceptors (Lipinski definition) is 0. The lowest BCUT2D eigenvalue weighted by molar-refractivity contribution is 1.80. The molecular weight excluding hydrogens is 384 g/mol. The first-order valence-electron chi connectivity index (χ1n) is 11.3. The highest BCUT2D eigenvalue weighted by Crippen LogP contribution is 2.48. The van der Waals surface area contributed by atoms with E-state index < -0.39 is 0 Å². The van der Waals surface area contributed by atoms with Crippen LogP contribution in [0.15, 0.2) is 97.1 Å². The number of benzene rings is 9. The molecule has 0 saturated heterocycles. The van der Waals surface area contributed by atoms with Crippen molar-refractivity contribution in [3.63, 3.8) is 0 Å². The second kappa shape index (κ2) is 5.00. The Morgan fingerprint density at radius 3 is 1.59 bits per heavy atom. The van der Waals surface area contributed by atoms with Gasteiger partial charge in [-0.05, 0) is 117 Å². The molecule has 32 heavy (non-hydrogen) atoms. The maximum absolute atomic E-state index is 2.42. The smallest absolute Gasteiger partial charge is 0.00134 e. The third-order valence-corrected chi connectivity index (χ3v) is 7.77. The highest BCUT2D eigenvalue weighted by Gasteiger charge is 2.20. The van der Waals surface area contributed by atoms with Crippen molar-refractivity contribution in [2.24, 2.45) is 0 Å². The SMILES string of the molecule is c1ccc2c(c1)cc1cc3cc4ccc5cccc6cc7cc8ccc2c1c8c3c7c4c56. The molecular formula is C32H16. The molecule has 0 heterocycles. The average Bonchev–Trinajstić information content (AvgIpc) is 2.83. The summed E-state index contributed by atoms with van der Waals surface area (Å²) in [4.78, 5) is 0. The van der Waals surface area contributed by atoms with Crippen molar-refractivity contribution in [1.82, 2.24) is 0 Å². The predicted octanol–water partition coefficient (Wildman–Crippen LogP) is 9.23. The summed E-state index contributed by atoms with van der Waals surface area (Å²) < 4.78 is 0. The van der Waals surface area contributed by atoms with Crippen LogP contribution in [0.3, 0.4) is 0 Å². The van der Waals surface area contributed by atoms with E-state index in [1.54, 1.807) is 0 Å². The Labute approximate surface area is 183 Å². The Bertz CT molecular complexity index is 2180. The van der Waals surface area contributed by atoms with Crippen LogP contribution >= 0.6 is 0 Å². The van der Waals surface area contributed by atoms with Crippen molar-refractivity contribution >= 4 is 86.2 Å². The number of rotatable bonds is 0. The van der Waals surface area contributed by atoms with Gasteiger partial charge < -0.3 is 0 Å². The standard InChI is InChI=1S/C32H16/c1-2-7-25-18(4-1)12-22-16-24-14-20-9-8-17-5-3-6-19-13-23-15-21-10-11-26(25)28(22)30(21)32(24)31(23)29(20)27(17)19/h1-16H. The van der Waals surface area contributed by atoms with Gasteiger partial charge in [0.05, 0.1) is 0 Å². The van der Waals surface area contributed by atoms with Gasteiger partial charge in [0.15, 0.2) is 0 Å². The highest BCUT2D eigenvalue weighted by atomic mass is 14.2. The van der Waals surface area contributed by atoms with E-state index in [0.717, 1.165) is 0 Å². The average molecular weight is 400 g/mol. The zero-order valence-corrected chi connectivity index (χ0v) is 17.2. The van der Waals surface area contributed by atoms with Crippen molar-refractivity contribution < 1.29 is 0 Å². The molecule has 0 saturated carbocycles. The molecule has 9 aromatic rings. The Kier molecular flexibility index (Phi) is 2.44. The molecule has 0 radical (unpaired) electrons. The minimum Gasteiger partial charge on any atom is -0.0616 e. The molecule has 9 rings (SSSR count). The van der Waals surface area contributed by atoms with Gasteiger partial charge in [-0.1, -0.05) is 66.7 Å². The van der Waals surface area contributed by atoms with Crippen molar-refractivity contribution in [1.29, 1.82) is 0 Å². The van der Waals surface area contributed by atoms with Crippen molar-refractivity contribution in [2.45, 2.75) is 0 Å². The van der Waals surface area contributed by atoms with Crippen LogP contribution in [0.1, 0.15) is 0 Å². The van der Waals surface area contributed by atoms with Gasteiger partial charge in [0.25, 0.3) is 0 Å². The highest BCUT2D eigenvalue weighted by molar-refractivity contribution is 6.43. The van der Waals surface area contributed by atoms with Crippen LogP contribution in [-0.4, -0.2) is 0 Å². The molecule has 0 spiro atoms. The molecule has 0 aliphatic heterocycles. The Balaban J connectivity index is 1.70. The van der Waals surface area contributed by atoms with Gasteiger partial charge in [-0.25, -0.2) is 0 Å². The molecule has 0 N–H and O–H groups in total. The lowest BCUT2D eigenvalue weighted by Gasteiger charge is -2.20. The maximum atomic E-state index is 2.42. The van der Waals surface area contributed by atoms with Gasteiger partial charge in [-0.2, -0.15) is 0 Å². The van der Waals surface area contributed by atoms with Gasteiger partial charge >= 0.3 is 0 Å². The summed E-state index contributed by atoms with van der Waals surface area (Å²) in [6.45, 7) is 0.